The largest absolute Gasteiger partial charge is 0.377 e. The van der Waals surface area contributed by atoms with Crippen LogP contribution in [0.5, 0.6) is 0 Å². The summed E-state index contributed by atoms with van der Waals surface area (Å²) in [7, 11) is 0. The van der Waals surface area contributed by atoms with Gasteiger partial charge in [0.25, 0.3) is 0 Å². The molecule has 1 saturated carbocycles. The van der Waals surface area contributed by atoms with Crippen LogP contribution >= 0.6 is 25.3 Å². The van der Waals surface area contributed by atoms with Gasteiger partial charge in [0, 0.05) is 16.1 Å². The van der Waals surface area contributed by atoms with Crippen molar-refractivity contribution in [1.82, 2.24) is 0 Å². The first kappa shape index (κ1) is 22.1. The normalized spacial score (nSPS) is 40.3. The van der Waals surface area contributed by atoms with E-state index >= 15 is 0 Å². The van der Waals surface area contributed by atoms with Crippen LogP contribution < -0.4 is 0 Å². The summed E-state index contributed by atoms with van der Waals surface area (Å²) in [6.07, 6.45) is 14.0. The fourth-order valence-electron chi connectivity index (χ4n) is 6.51. The van der Waals surface area contributed by atoms with Crippen molar-refractivity contribution in [2.75, 3.05) is 13.2 Å². The summed E-state index contributed by atoms with van der Waals surface area (Å²) >= 11 is 10.8. The topological polar surface area (TPSA) is 9.23 Å². The van der Waals surface area contributed by atoms with Crippen LogP contribution in [0.1, 0.15) is 85.5 Å². The van der Waals surface area contributed by atoms with E-state index in [4.69, 9.17) is 30.0 Å². The second-order valence-corrected chi connectivity index (χ2v) is 11.7. The third-order valence-electron chi connectivity index (χ3n) is 8.18. The highest BCUT2D eigenvalue weighted by Gasteiger charge is 2.55. The highest BCUT2D eigenvalue weighted by atomic mass is 32.1. The average molecular weight is 411 g/mol. The predicted octanol–water partition coefficient (Wildman–Crippen LogP) is 6.98. The maximum absolute atomic E-state index is 5.76. The molecule has 0 radical (unpaired) electrons. The minimum Gasteiger partial charge on any atom is -0.377 e. The third kappa shape index (κ3) is 4.31. The molecule has 3 heteroatoms. The zero-order valence-electron chi connectivity index (χ0n) is 18.0. The highest BCUT2D eigenvalue weighted by molar-refractivity contribution is 7.82. The van der Waals surface area contributed by atoms with Gasteiger partial charge in [0.15, 0.2) is 0 Å². The first-order valence-electron chi connectivity index (χ1n) is 11.5. The molecule has 3 rings (SSSR count). The molecule has 0 amide bonds. The lowest BCUT2D eigenvalue weighted by molar-refractivity contribution is 0.0243. The van der Waals surface area contributed by atoms with E-state index in [0.29, 0.717) is 17.8 Å². The molecule has 3 aliphatic rings. The first-order valence-corrected chi connectivity index (χ1v) is 12.4. The van der Waals surface area contributed by atoms with Crippen LogP contribution in [0.4, 0.5) is 0 Å². The van der Waals surface area contributed by atoms with Crippen molar-refractivity contribution in [2.45, 2.75) is 95.0 Å². The smallest absolute Gasteiger partial charge is 0.0690 e. The molecular weight excluding hydrogens is 368 g/mol. The van der Waals surface area contributed by atoms with Crippen molar-refractivity contribution in [2.24, 2.45) is 29.6 Å². The Kier molecular flexibility index (Phi) is 7.40. The highest BCUT2D eigenvalue weighted by Crippen LogP contribution is 2.60. The van der Waals surface area contributed by atoms with Gasteiger partial charge in [-0.1, -0.05) is 59.5 Å². The van der Waals surface area contributed by atoms with Gasteiger partial charge in [0.05, 0.1) is 6.61 Å². The monoisotopic (exact) mass is 410 g/mol. The number of rotatable bonds is 7. The molecule has 0 spiro atoms. The summed E-state index contributed by atoms with van der Waals surface area (Å²) in [5.74, 6) is 3.71. The second kappa shape index (κ2) is 9.04. The van der Waals surface area contributed by atoms with Crippen molar-refractivity contribution in [1.29, 1.82) is 0 Å². The van der Waals surface area contributed by atoms with Gasteiger partial charge >= 0.3 is 0 Å². The Hall–Kier alpha value is 0.400. The molecule has 1 saturated heterocycles. The lowest BCUT2D eigenvalue weighted by Crippen LogP contribution is -2.56. The minimum atomic E-state index is 0.0875. The number of hydrogen-bond acceptors (Lipinski definition) is 3. The van der Waals surface area contributed by atoms with Crippen LogP contribution in [0.2, 0.25) is 0 Å². The molecule has 2 fully saturated rings. The Bertz CT molecular complexity index is 530. The van der Waals surface area contributed by atoms with Gasteiger partial charge in [-0.05, 0) is 67.3 Å². The summed E-state index contributed by atoms with van der Waals surface area (Å²) in [5, 5.41) is 0. The Labute approximate surface area is 179 Å². The molecular formula is C24H42OS2. The zero-order chi connectivity index (χ0) is 19.7. The van der Waals surface area contributed by atoms with Gasteiger partial charge in [0.1, 0.15) is 0 Å². The van der Waals surface area contributed by atoms with E-state index in [1.54, 1.807) is 0 Å². The van der Waals surface area contributed by atoms with E-state index in [0.717, 1.165) is 31.5 Å². The summed E-state index contributed by atoms with van der Waals surface area (Å²) in [4.78, 5) is 0. The summed E-state index contributed by atoms with van der Waals surface area (Å²) < 4.78 is 6.05. The number of unbranched alkanes of at least 4 members (excludes halogenated alkanes) is 1. The first-order chi connectivity index (χ1) is 12.8. The molecule has 0 bridgehead atoms. The zero-order valence-corrected chi connectivity index (χ0v) is 19.8. The molecule has 0 aromatic carbocycles. The fourth-order valence-corrected chi connectivity index (χ4v) is 7.71. The Balaban J connectivity index is 1.72. The van der Waals surface area contributed by atoms with E-state index in [9.17, 15) is 0 Å². The van der Waals surface area contributed by atoms with Crippen LogP contribution in [0.15, 0.2) is 11.6 Å². The number of thiol groups is 2. The van der Waals surface area contributed by atoms with Gasteiger partial charge in [-0.15, -0.1) is 0 Å². The number of ether oxygens (including phenoxy) is 1. The molecule has 0 N–H and O–H groups in total. The van der Waals surface area contributed by atoms with Crippen molar-refractivity contribution in [3.8, 4) is 0 Å². The van der Waals surface area contributed by atoms with Crippen molar-refractivity contribution >= 4 is 25.3 Å². The molecule has 1 aliphatic heterocycles. The number of fused-ring (bicyclic) bond motifs is 3. The van der Waals surface area contributed by atoms with E-state index in [1.165, 1.54) is 56.9 Å². The maximum Gasteiger partial charge on any atom is 0.0690 e. The molecule has 6 unspecified atom stereocenters. The molecule has 0 aromatic rings. The number of hydrogen-bond donors (Lipinski definition) is 2. The lowest BCUT2D eigenvalue weighted by Gasteiger charge is -2.58. The van der Waals surface area contributed by atoms with E-state index < -0.39 is 0 Å². The van der Waals surface area contributed by atoms with Gasteiger partial charge in [-0.3, -0.25) is 0 Å². The lowest BCUT2D eigenvalue weighted by atomic mass is 9.54. The van der Waals surface area contributed by atoms with Crippen LogP contribution in [0.25, 0.3) is 0 Å². The fraction of sp³-hybridized carbons (Fsp3) is 0.917. The van der Waals surface area contributed by atoms with Gasteiger partial charge in [0.2, 0.25) is 0 Å². The van der Waals surface area contributed by atoms with E-state index in [-0.39, 0.29) is 9.49 Å². The van der Waals surface area contributed by atoms with Gasteiger partial charge in [-0.2, -0.15) is 25.3 Å². The SMILES string of the molecule is CCC1C2CC=C3COCCC3(S)C2CCC1(S)C(C)CCCCC(C)C. The second-order valence-electron chi connectivity index (χ2n) is 10.1. The van der Waals surface area contributed by atoms with Crippen LogP contribution in [0, 0.1) is 29.6 Å². The molecule has 2 aliphatic carbocycles. The minimum absolute atomic E-state index is 0.0875. The molecule has 1 nitrogen and oxygen atoms in total. The van der Waals surface area contributed by atoms with Crippen LogP contribution in [0.3, 0.4) is 0 Å². The van der Waals surface area contributed by atoms with Crippen molar-refractivity contribution in [3.05, 3.63) is 11.6 Å². The standard InChI is InChI=1S/C24H42OS2/c1-5-21-20-11-10-19-16-25-15-14-24(19,27)22(20)12-13-23(21,26)18(4)9-7-6-8-17(2)3/h10,17-18,20-22,26-27H,5-9,11-16H2,1-4H3. The Morgan fingerprint density at radius 1 is 1.15 bits per heavy atom. The van der Waals surface area contributed by atoms with E-state index in [1.807, 2.05) is 0 Å². The van der Waals surface area contributed by atoms with Crippen molar-refractivity contribution < 1.29 is 4.74 Å². The maximum atomic E-state index is 5.76. The van der Waals surface area contributed by atoms with Crippen molar-refractivity contribution in [3.63, 3.8) is 0 Å². The van der Waals surface area contributed by atoms with Gasteiger partial charge < -0.3 is 4.74 Å². The summed E-state index contributed by atoms with van der Waals surface area (Å²) in [5.41, 5.74) is 1.47. The Morgan fingerprint density at radius 2 is 1.89 bits per heavy atom. The number of allylic oxidation sites excluding steroid dienone is 1. The van der Waals surface area contributed by atoms with Crippen LogP contribution in [-0.2, 0) is 4.74 Å². The molecule has 6 atom stereocenters. The summed E-state index contributed by atoms with van der Waals surface area (Å²) in [6, 6.07) is 0. The quantitative estimate of drug-likeness (QED) is 0.261. The van der Waals surface area contributed by atoms with Gasteiger partial charge in [-0.25, -0.2) is 0 Å². The average Bonchev–Trinajstić information content (AvgIpc) is 2.64. The molecule has 156 valence electrons. The molecule has 1 heterocycles. The molecule has 27 heavy (non-hydrogen) atoms. The predicted molar refractivity (Wildman–Crippen MR) is 124 cm³/mol. The van der Waals surface area contributed by atoms with E-state index in [2.05, 4.69) is 33.8 Å². The third-order valence-corrected chi connectivity index (χ3v) is 10.0. The Morgan fingerprint density at radius 3 is 2.59 bits per heavy atom. The summed E-state index contributed by atoms with van der Waals surface area (Å²) in [6.45, 7) is 11.2. The van der Waals surface area contributed by atoms with Crippen LogP contribution in [-0.4, -0.2) is 22.7 Å². The molecule has 0 aromatic heterocycles.